The highest BCUT2D eigenvalue weighted by molar-refractivity contribution is 6.76. The van der Waals surface area contributed by atoms with Crippen LogP contribution in [0.5, 0.6) is 5.75 Å². The molecular weight excluding hydrogens is 562 g/mol. The van der Waals surface area contributed by atoms with E-state index in [4.69, 9.17) is 4.74 Å². The van der Waals surface area contributed by atoms with Gasteiger partial charge in [-0.25, -0.2) is 9.67 Å². The van der Waals surface area contributed by atoms with Crippen molar-refractivity contribution < 1.29 is 19.4 Å². The number of pyridine rings is 1. The van der Waals surface area contributed by atoms with Gasteiger partial charge in [-0.05, 0) is 82.4 Å². The SMILES string of the molecule is CCn1nccc1C(=O)N[C@H](C(=O)Nc1ncc(-c2c(C)nn(COCC[Si](C)(C)C)c2C)cc1O)C(C1CC1)C1CC1. The minimum atomic E-state index is -1.18. The van der Waals surface area contributed by atoms with E-state index in [1.807, 2.05) is 25.5 Å². The molecule has 0 aromatic carbocycles. The summed E-state index contributed by atoms with van der Waals surface area (Å²) in [6.07, 6.45) is 7.45. The Morgan fingerprint density at radius 2 is 1.84 bits per heavy atom. The van der Waals surface area contributed by atoms with E-state index in [9.17, 15) is 14.7 Å². The minimum Gasteiger partial charge on any atom is -0.504 e. The normalized spacial score (nSPS) is 16.0. The van der Waals surface area contributed by atoms with Crippen molar-refractivity contribution in [1.29, 1.82) is 0 Å². The third kappa shape index (κ3) is 7.35. The molecule has 5 rings (SSSR count). The van der Waals surface area contributed by atoms with Crippen molar-refractivity contribution in [3.63, 3.8) is 0 Å². The number of ether oxygens (including phenoxy) is 1. The molecule has 3 N–H and O–H groups in total. The van der Waals surface area contributed by atoms with Crippen LogP contribution in [0.4, 0.5) is 5.82 Å². The molecule has 232 valence electrons. The number of nitrogens with one attached hydrogen (secondary N) is 2. The average molecular weight is 608 g/mol. The van der Waals surface area contributed by atoms with Gasteiger partial charge in [-0.15, -0.1) is 0 Å². The third-order valence-corrected chi connectivity index (χ3v) is 10.2. The molecule has 11 nitrogen and oxygen atoms in total. The second kappa shape index (κ2) is 12.6. The second-order valence-electron chi connectivity index (χ2n) is 13.2. The summed E-state index contributed by atoms with van der Waals surface area (Å²) in [4.78, 5) is 31.5. The quantitative estimate of drug-likeness (QED) is 0.174. The van der Waals surface area contributed by atoms with E-state index in [-0.39, 0.29) is 29.3 Å². The molecule has 1 atom stereocenters. The van der Waals surface area contributed by atoms with Crippen LogP contribution < -0.4 is 10.6 Å². The highest BCUT2D eigenvalue weighted by atomic mass is 28.3. The number of amides is 2. The minimum absolute atomic E-state index is 0.0486. The molecule has 2 fully saturated rings. The number of aromatic hydroxyl groups is 1. The van der Waals surface area contributed by atoms with Crippen LogP contribution in [0.2, 0.25) is 25.7 Å². The van der Waals surface area contributed by atoms with E-state index in [0.717, 1.165) is 48.7 Å². The zero-order chi connectivity index (χ0) is 30.9. The van der Waals surface area contributed by atoms with Gasteiger partial charge < -0.3 is 20.5 Å². The van der Waals surface area contributed by atoms with E-state index in [1.54, 1.807) is 29.2 Å². The number of anilines is 1. The number of aryl methyl sites for hydroxylation is 2. The summed E-state index contributed by atoms with van der Waals surface area (Å²) in [6.45, 7) is 14.4. The first-order valence-electron chi connectivity index (χ1n) is 15.4. The van der Waals surface area contributed by atoms with Crippen LogP contribution in [0.25, 0.3) is 11.1 Å². The first-order valence-corrected chi connectivity index (χ1v) is 19.1. The van der Waals surface area contributed by atoms with Gasteiger partial charge in [0.1, 0.15) is 18.5 Å². The summed E-state index contributed by atoms with van der Waals surface area (Å²) in [7, 11) is -1.18. The Morgan fingerprint density at radius 3 is 2.44 bits per heavy atom. The fraction of sp³-hybridized carbons (Fsp3) is 0.581. The number of carbonyl (C=O) groups excluding carboxylic acids is 2. The smallest absolute Gasteiger partial charge is 0.270 e. The molecule has 2 aliphatic rings. The van der Waals surface area contributed by atoms with Crippen LogP contribution in [0.3, 0.4) is 0 Å². The summed E-state index contributed by atoms with van der Waals surface area (Å²) in [6, 6.07) is 3.61. The maximum absolute atomic E-state index is 13.8. The summed E-state index contributed by atoms with van der Waals surface area (Å²) in [5, 5.41) is 25.7. The van der Waals surface area contributed by atoms with E-state index in [2.05, 4.69) is 45.5 Å². The number of hydrogen-bond acceptors (Lipinski definition) is 7. The van der Waals surface area contributed by atoms with Gasteiger partial charge in [0.2, 0.25) is 5.91 Å². The van der Waals surface area contributed by atoms with Crippen molar-refractivity contribution in [2.45, 2.75) is 91.5 Å². The Balaban J connectivity index is 1.32. The Bertz CT molecular complexity index is 1460. The number of rotatable bonds is 14. The highest BCUT2D eigenvalue weighted by Crippen LogP contribution is 2.51. The lowest BCUT2D eigenvalue weighted by Gasteiger charge is -2.27. The number of aromatic nitrogens is 5. The number of nitrogens with zero attached hydrogens (tertiary/aromatic N) is 5. The van der Waals surface area contributed by atoms with Crippen molar-refractivity contribution in [2.75, 3.05) is 11.9 Å². The molecule has 0 saturated heterocycles. The highest BCUT2D eigenvalue weighted by Gasteiger charge is 2.48. The molecule has 0 radical (unpaired) electrons. The Hall–Kier alpha value is -3.51. The Labute approximate surface area is 254 Å². The standard InChI is InChI=1S/C31H45N7O4Si/c1-7-37-24(12-13-33-37)30(40)34-28(27(21-8-9-21)22-10-11-22)31(41)35-29-25(39)16-23(17-32-29)26-19(2)36-38(20(26)3)18-42-14-15-43(4,5)6/h12-13,16-17,21-22,27-28,39H,7-11,14-15,18H2,1-6H3,(H,34,40)(H,32,35,41)/t28-/m0/s1. The predicted molar refractivity (Wildman–Crippen MR) is 167 cm³/mol. The summed E-state index contributed by atoms with van der Waals surface area (Å²) >= 11 is 0. The van der Waals surface area contributed by atoms with Gasteiger partial charge >= 0.3 is 0 Å². The van der Waals surface area contributed by atoms with Crippen molar-refractivity contribution in [3.8, 4) is 16.9 Å². The Kier molecular flexibility index (Phi) is 9.07. The van der Waals surface area contributed by atoms with E-state index >= 15 is 0 Å². The van der Waals surface area contributed by atoms with E-state index in [1.165, 1.54) is 0 Å². The predicted octanol–water partition coefficient (Wildman–Crippen LogP) is 4.97. The summed E-state index contributed by atoms with van der Waals surface area (Å²) in [5.74, 6) is 0.0851. The molecule has 3 aromatic rings. The van der Waals surface area contributed by atoms with Crippen LogP contribution in [0.15, 0.2) is 24.5 Å². The largest absolute Gasteiger partial charge is 0.504 e. The molecule has 12 heteroatoms. The Morgan fingerprint density at radius 1 is 1.14 bits per heavy atom. The second-order valence-corrected chi connectivity index (χ2v) is 18.8. The average Bonchev–Trinajstić information content (AvgIpc) is 3.88. The molecule has 0 spiro atoms. The van der Waals surface area contributed by atoms with E-state index < -0.39 is 14.1 Å². The van der Waals surface area contributed by atoms with E-state index in [0.29, 0.717) is 43.0 Å². The van der Waals surface area contributed by atoms with Crippen molar-refractivity contribution in [2.24, 2.45) is 17.8 Å². The third-order valence-electron chi connectivity index (χ3n) is 8.52. The van der Waals surface area contributed by atoms with Gasteiger partial charge in [0, 0.05) is 50.4 Å². The zero-order valence-corrected chi connectivity index (χ0v) is 27.2. The van der Waals surface area contributed by atoms with Crippen LogP contribution in [0, 0.1) is 31.6 Å². The van der Waals surface area contributed by atoms with Gasteiger partial charge in [-0.3, -0.25) is 14.3 Å². The van der Waals surface area contributed by atoms with Crippen molar-refractivity contribution >= 4 is 25.7 Å². The van der Waals surface area contributed by atoms with Crippen molar-refractivity contribution in [1.82, 2.24) is 29.9 Å². The fourth-order valence-electron chi connectivity index (χ4n) is 5.87. The first-order chi connectivity index (χ1) is 20.5. The fourth-order valence-corrected chi connectivity index (χ4v) is 6.63. The molecule has 0 bridgehead atoms. The summed E-state index contributed by atoms with van der Waals surface area (Å²) < 4.78 is 9.35. The van der Waals surface area contributed by atoms with Gasteiger partial charge in [-0.2, -0.15) is 10.2 Å². The maximum atomic E-state index is 13.8. The lowest BCUT2D eigenvalue weighted by molar-refractivity contribution is -0.119. The molecule has 43 heavy (non-hydrogen) atoms. The molecule has 3 aromatic heterocycles. The number of carbonyl (C=O) groups is 2. The lowest BCUT2D eigenvalue weighted by Crippen LogP contribution is -2.50. The lowest BCUT2D eigenvalue weighted by atomic mass is 9.88. The molecular formula is C31H45N7O4Si. The summed E-state index contributed by atoms with van der Waals surface area (Å²) in [5.41, 5.74) is 3.70. The number of hydrogen-bond donors (Lipinski definition) is 3. The molecule has 3 heterocycles. The molecule has 2 aliphatic carbocycles. The molecule has 2 amide bonds. The van der Waals surface area contributed by atoms with Gasteiger partial charge in [0.15, 0.2) is 11.6 Å². The van der Waals surface area contributed by atoms with Gasteiger partial charge in [-0.1, -0.05) is 19.6 Å². The molecule has 2 saturated carbocycles. The zero-order valence-electron chi connectivity index (χ0n) is 26.2. The van der Waals surface area contributed by atoms with Gasteiger partial charge in [0.25, 0.3) is 5.91 Å². The van der Waals surface area contributed by atoms with Crippen LogP contribution in [0.1, 0.15) is 54.5 Å². The van der Waals surface area contributed by atoms with Crippen LogP contribution in [-0.4, -0.2) is 62.2 Å². The van der Waals surface area contributed by atoms with Gasteiger partial charge in [0.05, 0.1) is 5.69 Å². The molecule has 0 unspecified atom stereocenters. The van der Waals surface area contributed by atoms with Crippen LogP contribution in [-0.2, 0) is 22.8 Å². The first kappa shape index (κ1) is 30.9. The van der Waals surface area contributed by atoms with Crippen LogP contribution >= 0.6 is 0 Å². The molecule has 0 aliphatic heterocycles. The maximum Gasteiger partial charge on any atom is 0.270 e. The van der Waals surface area contributed by atoms with Crippen molar-refractivity contribution in [3.05, 3.63) is 41.6 Å². The monoisotopic (exact) mass is 607 g/mol. The topological polar surface area (TPSA) is 136 Å².